The van der Waals surface area contributed by atoms with E-state index >= 15 is 0 Å². The summed E-state index contributed by atoms with van der Waals surface area (Å²) in [6.07, 6.45) is 2.04. The molecular weight excluding hydrogens is 264 g/mol. The third-order valence-electron chi connectivity index (χ3n) is 3.49. The molecule has 1 saturated carbocycles. The topological polar surface area (TPSA) is 35.5 Å². The van der Waals surface area contributed by atoms with Crippen molar-refractivity contribution in [1.82, 2.24) is 0 Å². The van der Waals surface area contributed by atoms with Crippen LogP contribution in [0.5, 0.6) is 11.5 Å². The van der Waals surface area contributed by atoms with Gasteiger partial charge in [0.05, 0.1) is 0 Å². The number of benzene rings is 2. The fourth-order valence-corrected chi connectivity index (χ4v) is 2.05. The molecule has 3 nitrogen and oxygen atoms in total. The minimum Gasteiger partial charge on any atom is -0.489 e. The van der Waals surface area contributed by atoms with Gasteiger partial charge in [-0.1, -0.05) is 30.3 Å². The van der Waals surface area contributed by atoms with Gasteiger partial charge in [-0.3, -0.25) is 4.79 Å². The first-order valence-electron chi connectivity index (χ1n) is 7.23. The molecule has 3 heteroatoms. The summed E-state index contributed by atoms with van der Waals surface area (Å²) in [6.45, 7) is 0.718. The molecular formula is C18H18O3. The van der Waals surface area contributed by atoms with E-state index in [4.69, 9.17) is 9.47 Å². The van der Waals surface area contributed by atoms with Crippen molar-refractivity contribution < 1.29 is 14.3 Å². The van der Waals surface area contributed by atoms with Crippen molar-refractivity contribution in [3.8, 4) is 11.5 Å². The normalized spacial score (nSPS) is 13.7. The third kappa shape index (κ3) is 4.09. The predicted octanol–water partition coefficient (Wildman–Crippen LogP) is 3.62. The van der Waals surface area contributed by atoms with E-state index in [1.807, 2.05) is 54.6 Å². The minimum absolute atomic E-state index is 0.175. The molecule has 3 rings (SSSR count). The number of ether oxygens (including phenoxy) is 2. The first-order chi connectivity index (χ1) is 10.3. The lowest BCUT2D eigenvalue weighted by molar-refractivity contribution is -0.122. The number of carbonyl (C=O) groups excluding carboxylic acids is 1. The number of hydrogen-bond donors (Lipinski definition) is 0. The van der Waals surface area contributed by atoms with Crippen LogP contribution in [0.25, 0.3) is 0 Å². The summed E-state index contributed by atoms with van der Waals surface area (Å²) in [7, 11) is 0. The van der Waals surface area contributed by atoms with E-state index in [0.717, 1.165) is 24.2 Å². The number of ketones is 1. The van der Waals surface area contributed by atoms with E-state index in [2.05, 4.69) is 0 Å². The van der Waals surface area contributed by atoms with E-state index in [-0.39, 0.29) is 18.3 Å². The second kappa shape index (κ2) is 6.44. The van der Waals surface area contributed by atoms with Crippen molar-refractivity contribution in [2.24, 2.45) is 5.92 Å². The molecule has 0 unspecified atom stereocenters. The van der Waals surface area contributed by atoms with Gasteiger partial charge in [0.15, 0.2) is 5.78 Å². The summed E-state index contributed by atoms with van der Waals surface area (Å²) >= 11 is 0. The highest BCUT2D eigenvalue weighted by atomic mass is 16.5. The molecule has 0 bridgehead atoms. The van der Waals surface area contributed by atoms with Crippen molar-refractivity contribution in [2.75, 3.05) is 6.61 Å². The van der Waals surface area contributed by atoms with Crippen LogP contribution in [0.3, 0.4) is 0 Å². The Kier molecular flexibility index (Phi) is 4.20. The Balaban J connectivity index is 1.48. The van der Waals surface area contributed by atoms with Crippen LogP contribution in [0, 0.1) is 5.92 Å². The van der Waals surface area contributed by atoms with Crippen molar-refractivity contribution >= 4 is 5.78 Å². The summed E-state index contributed by atoms with van der Waals surface area (Å²) in [5.74, 6) is 1.95. The Labute approximate surface area is 124 Å². The molecule has 0 spiro atoms. The smallest absolute Gasteiger partial charge is 0.173 e. The molecule has 0 radical (unpaired) electrons. The lowest BCUT2D eigenvalue weighted by Crippen LogP contribution is -2.12. The van der Waals surface area contributed by atoms with E-state index in [1.54, 1.807) is 0 Å². The highest BCUT2D eigenvalue weighted by molar-refractivity contribution is 5.84. The van der Waals surface area contributed by atoms with Crippen LogP contribution in [0.2, 0.25) is 0 Å². The Morgan fingerprint density at radius 1 is 0.905 bits per heavy atom. The van der Waals surface area contributed by atoms with Gasteiger partial charge >= 0.3 is 0 Å². The molecule has 1 aliphatic carbocycles. The van der Waals surface area contributed by atoms with Gasteiger partial charge in [0.2, 0.25) is 0 Å². The van der Waals surface area contributed by atoms with Crippen molar-refractivity contribution in [2.45, 2.75) is 19.4 Å². The van der Waals surface area contributed by atoms with Gasteiger partial charge in [-0.15, -0.1) is 0 Å². The maximum absolute atomic E-state index is 11.6. The number of rotatable bonds is 7. The number of Topliss-reactive ketones (excluding diaryl/α,β-unsaturated/α-hetero) is 1. The zero-order valence-corrected chi connectivity index (χ0v) is 11.8. The highest BCUT2D eigenvalue weighted by Gasteiger charge is 2.29. The maximum Gasteiger partial charge on any atom is 0.173 e. The fourth-order valence-electron chi connectivity index (χ4n) is 2.05. The van der Waals surface area contributed by atoms with E-state index in [9.17, 15) is 4.79 Å². The average molecular weight is 282 g/mol. The molecule has 108 valence electrons. The van der Waals surface area contributed by atoms with Crippen LogP contribution < -0.4 is 9.47 Å². The average Bonchev–Trinajstić information content (AvgIpc) is 3.37. The third-order valence-corrected chi connectivity index (χ3v) is 3.49. The summed E-state index contributed by atoms with van der Waals surface area (Å²) in [5.41, 5.74) is 1.13. The molecule has 0 aliphatic heterocycles. The summed E-state index contributed by atoms with van der Waals surface area (Å²) in [5, 5.41) is 0. The molecule has 0 atom stereocenters. The molecule has 0 aromatic heterocycles. The molecule has 1 aliphatic rings. The van der Waals surface area contributed by atoms with Crippen molar-refractivity contribution in [3.63, 3.8) is 0 Å². The Hall–Kier alpha value is -2.29. The summed E-state index contributed by atoms with van der Waals surface area (Å²) in [6, 6.07) is 17.4. The monoisotopic (exact) mass is 282 g/mol. The van der Waals surface area contributed by atoms with Gasteiger partial charge in [0.25, 0.3) is 0 Å². The van der Waals surface area contributed by atoms with Gasteiger partial charge < -0.3 is 9.47 Å². The second-order valence-electron chi connectivity index (χ2n) is 5.27. The Morgan fingerprint density at radius 3 is 2.14 bits per heavy atom. The van der Waals surface area contributed by atoms with Crippen LogP contribution in [0.4, 0.5) is 0 Å². The second-order valence-corrected chi connectivity index (χ2v) is 5.27. The largest absolute Gasteiger partial charge is 0.489 e. The molecule has 21 heavy (non-hydrogen) atoms. The lowest BCUT2D eigenvalue weighted by Gasteiger charge is -2.08. The van der Waals surface area contributed by atoms with Crippen molar-refractivity contribution in [3.05, 3.63) is 60.2 Å². The molecule has 0 N–H and O–H groups in total. The highest BCUT2D eigenvalue weighted by Crippen LogP contribution is 2.30. The first-order valence-corrected chi connectivity index (χ1v) is 7.23. The molecule has 0 heterocycles. The molecule has 2 aromatic rings. The van der Waals surface area contributed by atoms with Crippen molar-refractivity contribution in [1.29, 1.82) is 0 Å². The van der Waals surface area contributed by atoms with Crippen LogP contribution in [-0.2, 0) is 11.4 Å². The van der Waals surface area contributed by atoms with Crippen LogP contribution in [-0.4, -0.2) is 12.4 Å². The lowest BCUT2D eigenvalue weighted by atomic mass is 10.2. The number of hydrogen-bond acceptors (Lipinski definition) is 3. The zero-order valence-electron chi connectivity index (χ0n) is 11.8. The Bertz CT molecular complexity index is 586. The van der Waals surface area contributed by atoms with E-state index in [0.29, 0.717) is 12.4 Å². The van der Waals surface area contributed by atoms with Gasteiger partial charge in [-0.05, 0) is 42.7 Å². The quantitative estimate of drug-likeness (QED) is 0.778. The summed E-state index contributed by atoms with van der Waals surface area (Å²) in [4.78, 5) is 11.6. The van der Waals surface area contributed by atoms with Gasteiger partial charge in [0, 0.05) is 5.92 Å². The van der Waals surface area contributed by atoms with Crippen LogP contribution in [0.1, 0.15) is 18.4 Å². The molecule has 0 saturated heterocycles. The van der Waals surface area contributed by atoms with Gasteiger partial charge in [0.1, 0.15) is 24.7 Å². The first kappa shape index (κ1) is 13.7. The standard InChI is InChI=1S/C18H18O3/c19-18(15-6-7-15)13-21-17-10-8-16(9-11-17)20-12-14-4-2-1-3-5-14/h1-5,8-11,15H,6-7,12-13H2. The van der Waals surface area contributed by atoms with Gasteiger partial charge in [-0.2, -0.15) is 0 Å². The predicted molar refractivity (Wildman–Crippen MR) is 80.4 cm³/mol. The SMILES string of the molecule is O=C(COc1ccc(OCc2ccccc2)cc1)C1CC1. The van der Waals surface area contributed by atoms with Crippen LogP contribution >= 0.6 is 0 Å². The maximum atomic E-state index is 11.6. The Morgan fingerprint density at radius 2 is 1.52 bits per heavy atom. The number of carbonyl (C=O) groups is 1. The van der Waals surface area contributed by atoms with E-state index < -0.39 is 0 Å². The van der Waals surface area contributed by atoms with E-state index in [1.165, 1.54) is 0 Å². The zero-order chi connectivity index (χ0) is 14.5. The molecule has 0 amide bonds. The van der Waals surface area contributed by atoms with Gasteiger partial charge in [-0.25, -0.2) is 0 Å². The molecule has 1 fully saturated rings. The summed E-state index contributed by atoms with van der Waals surface area (Å²) < 4.78 is 11.2. The fraction of sp³-hybridized carbons (Fsp3) is 0.278. The minimum atomic E-state index is 0.175. The molecule has 2 aromatic carbocycles. The van der Waals surface area contributed by atoms with Crippen LogP contribution in [0.15, 0.2) is 54.6 Å².